The van der Waals surface area contributed by atoms with Crippen molar-refractivity contribution in [1.82, 2.24) is 5.32 Å². The Labute approximate surface area is 236 Å². The number of benzene rings is 4. The molecule has 5 aliphatic rings. The highest BCUT2D eigenvalue weighted by Gasteiger charge is 2.42. The Kier molecular flexibility index (Phi) is 4.66. The highest BCUT2D eigenvalue weighted by atomic mass is 16.5. The summed E-state index contributed by atoms with van der Waals surface area (Å²) in [6.45, 7) is 0. The fourth-order valence-electron chi connectivity index (χ4n) is 6.21. The number of allylic oxidation sites excluding steroid dienone is 1. The number of hydrogen-bond donors (Lipinski definition) is 1. The summed E-state index contributed by atoms with van der Waals surface area (Å²) in [5.41, 5.74) is 5.01. The minimum atomic E-state index is -0.174. The van der Waals surface area contributed by atoms with Crippen LogP contribution in [0.4, 0.5) is 22.7 Å². The summed E-state index contributed by atoms with van der Waals surface area (Å²) in [5, 5.41) is 3.62. The van der Waals surface area contributed by atoms with Gasteiger partial charge in [0.05, 0.1) is 28.7 Å². The third-order valence-corrected chi connectivity index (χ3v) is 8.07. The molecule has 3 unspecified atom stereocenters. The van der Waals surface area contributed by atoms with E-state index in [0.29, 0.717) is 0 Å². The molecule has 1 fully saturated rings. The van der Waals surface area contributed by atoms with Crippen molar-refractivity contribution in [1.29, 1.82) is 0 Å². The van der Waals surface area contributed by atoms with Crippen molar-refractivity contribution in [3.63, 3.8) is 0 Å². The van der Waals surface area contributed by atoms with Gasteiger partial charge in [-0.25, -0.2) is 4.99 Å². The lowest BCUT2D eigenvalue weighted by Crippen LogP contribution is -2.42. The number of fused-ring (bicyclic) bond motifs is 7. The molecule has 0 amide bonds. The maximum Gasteiger partial charge on any atom is 0.151 e. The van der Waals surface area contributed by atoms with Crippen molar-refractivity contribution < 1.29 is 14.2 Å². The zero-order chi connectivity index (χ0) is 26.9. The van der Waals surface area contributed by atoms with Gasteiger partial charge in [-0.2, -0.15) is 0 Å². The van der Waals surface area contributed by atoms with Gasteiger partial charge in [0, 0.05) is 30.1 Å². The minimum absolute atomic E-state index is 0.0224. The normalized spacial score (nSPS) is 22.4. The van der Waals surface area contributed by atoms with Crippen molar-refractivity contribution in [2.24, 2.45) is 10.9 Å². The van der Waals surface area contributed by atoms with E-state index >= 15 is 0 Å². The molecule has 1 saturated heterocycles. The molecule has 198 valence electrons. The first-order valence-electron chi connectivity index (χ1n) is 13.7. The molecule has 0 radical (unpaired) electrons. The highest BCUT2D eigenvalue weighted by molar-refractivity contribution is 5.84. The van der Waals surface area contributed by atoms with Crippen LogP contribution >= 0.6 is 0 Å². The number of nitrogens with one attached hydrogen (secondary N) is 1. The average Bonchev–Trinajstić information content (AvgIpc) is 3.39. The van der Waals surface area contributed by atoms with Crippen molar-refractivity contribution >= 4 is 29.0 Å². The molecule has 0 spiro atoms. The second kappa shape index (κ2) is 8.53. The van der Waals surface area contributed by atoms with Gasteiger partial charge in [0.25, 0.3) is 0 Å². The van der Waals surface area contributed by atoms with Crippen LogP contribution in [0.25, 0.3) is 0 Å². The first-order valence-corrected chi connectivity index (χ1v) is 13.7. The minimum Gasteiger partial charge on any atom is -0.485 e. The summed E-state index contributed by atoms with van der Waals surface area (Å²) in [6, 6.07) is 32.3. The summed E-state index contributed by atoms with van der Waals surface area (Å²) >= 11 is 0. The van der Waals surface area contributed by atoms with Gasteiger partial charge in [0.15, 0.2) is 23.0 Å². The molecule has 7 nitrogen and oxygen atoms in total. The summed E-state index contributed by atoms with van der Waals surface area (Å²) in [4.78, 5) is 9.37. The van der Waals surface area contributed by atoms with Crippen LogP contribution in [0.2, 0.25) is 0 Å². The van der Waals surface area contributed by atoms with Crippen LogP contribution in [0, 0.1) is 5.92 Å². The number of para-hydroxylation sites is 8. The fourth-order valence-corrected chi connectivity index (χ4v) is 6.21. The van der Waals surface area contributed by atoms with Gasteiger partial charge in [-0.3, -0.25) is 4.90 Å². The topological polar surface area (TPSA) is 58.6 Å². The number of hydrogen-bond acceptors (Lipinski definition) is 7. The maximum atomic E-state index is 6.63. The fraction of sp³-hybridized carbons (Fsp3) is 0.0882. The average molecular weight is 537 g/mol. The van der Waals surface area contributed by atoms with E-state index in [2.05, 4.69) is 57.7 Å². The van der Waals surface area contributed by atoms with E-state index in [4.69, 9.17) is 19.2 Å². The van der Waals surface area contributed by atoms with Crippen LogP contribution in [0.5, 0.6) is 23.0 Å². The molecule has 41 heavy (non-hydrogen) atoms. The second-order valence-electron chi connectivity index (χ2n) is 10.4. The Morgan fingerprint density at radius 1 is 0.634 bits per heavy atom. The van der Waals surface area contributed by atoms with Gasteiger partial charge in [-0.1, -0.05) is 48.5 Å². The smallest absolute Gasteiger partial charge is 0.151 e. The van der Waals surface area contributed by atoms with E-state index in [-0.39, 0.29) is 18.2 Å². The van der Waals surface area contributed by atoms with E-state index in [1.807, 2.05) is 79.0 Å². The first kappa shape index (κ1) is 22.4. The van der Waals surface area contributed by atoms with Crippen LogP contribution in [0.3, 0.4) is 0 Å². The summed E-state index contributed by atoms with van der Waals surface area (Å²) in [6.07, 6.45) is 8.04. The maximum absolute atomic E-state index is 6.63. The lowest BCUT2D eigenvalue weighted by atomic mass is 9.93. The SMILES string of the molecule is C1=NC(N2c3ccccc3Oc3ccccc32)=CC2OC3=CC(N4c5ccccc5Oc5ccccc54)NC=C3C12. The van der Waals surface area contributed by atoms with Crippen LogP contribution in [-0.4, -0.2) is 18.5 Å². The van der Waals surface area contributed by atoms with Crippen LogP contribution in [0.1, 0.15) is 0 Å². The molecule has 0 saturated carbocycles. The van der Waals surface area contributed by atoms with Crippen LogP contribution < -0.4 is 24.6 Å². The zero-order valence-corrected chi connectivity index (χ0v) is 21.8. The van der Waals surface area contributed by atoms with Gasteiger partial charge in [0.2, 0.25) is 0 Å². The Balaban J connectivity index is 1.07. The molecule has 4 aromatic carbocycles. The van der Waals surface area contributed by atoms with E-state index in [1.165, 1.54) is 0 Å². The van der Waals surface area contributed by atoms with Gasteiger partial charge in [-0.05, 0) is 48.5 Å². The lowest BCUT2D eigenvalue weighted by molar-refractivity contribution is 0.187. The molecule has 9 rings (SSSR count). The third kappa shape index (κ3) is 3.35. The summed E-state index contributed by atoms with van der Waals surface area (Å²) in [7, 11) is 0. The van der Waals surface area contributed by atoms with Crippen molar-refractivity contribution in [2.75, 3.05) is 9.80 Å². The molecule has 5 heterocycles. The standard InChI is InChI=1S/C34H24N4O3/c1-5-13-27-23(9-1)37(24-10-2-6-14-28(24)39-27)33-17-31-21(19-35-33)22-20-36-34(18-32(22)41-31)38-25-11-3-7-15-29(25)40-30-16-8-4-12-26(30)38/h1-21,31,34,36H. The number of anilines is 4. The zero-order valence-electron chi connectivity index (χ0n) is 21.8. The van der Waals surface area contributed by atoms with Crippen molar-refractivity contribution in [3.05, 3.63) is 133 Å². The molecule has 7 heteroatoms. The molecule has 0 aromatic heterocycles. The van der Waals surface area contributed by atoms with Gasteiger partial charge < -0.3 is 24.4 Å². The molecule has 0 bridgehead atoms. The van der Waals surface area contributed by atoms with Gasteiger partial charge in [0.1, 0.15) is 23.8 Å². The molecule has 4 aromatic rings. The Hall–Kier alpha value is -5.43. The molecular formula is C34H24N4O3. The predicted molar refractivity (Wildman–Crippen MR) is 158 cm³/mol. The van der Waals surface area contributed by atoms with E-state index in [9.17, 15) is 0 Å². The molecular weight excluding hydrogens is 512 g/mol. The monoisotopic (exact) mass is 536 g/mol. The van der Waals surface area contributed by atoms with Gasteiger partial charge >= 0.3 is 0 Å². The number of ether oxygens (including phenoxy) is 3. The Morgan fingerprint density at radius 2 is 1.17 bits per heavy atom. The second-order valence-corrected chi connectivity index (χ2v) is 10.4. The Bertz CT molecular complexity index is 1770. The third-order valence-electron chi connectivity index (χ3n) is 8.07. The van der Waals surface area contributed by atoms with E-state index < -0.39 is 0 Å². The molecule has 3 atom stereocenters. The highest BCUT2D eigenvalue weighted by Crippen LogP contribution is 2.51. The summed E-state index contributed by atoms with van der Waals surface area (Å²) in [5.74, 6) is 4.96. The molecule has 5 aliphatic heterocycles. The van der Waals surface area contributed by atoms with E-state index in [1.54, 1.807) is 0 Å². The lowest BCUT2D eigenvalue weighted by Gasteiger charge is -2.38. The number of rotatable bonds is 2. The first-order chi connectivity index (χ1) is 20.3. The largest absolute Gasteiger partial charge is 0.485 e. The predicted octanol–water partition coefficient (Wildman–Crippen LogP) is 7.51. The number of aliphatic imine (C=N–C) groups is 1. The molecule has 0 aliphatic carbocycles. The number of nitrogens with zero attached hydrogens (tertiary/aromatic N) is 3. The Morgan fingerprint density at radius 3 is 1.78 bits per heavy atom. The molecule has 1 N–H and O–H groups in total. The van der Waals surface area contributed by atoms with Crippen LogP contribution in [0.15, 0.2) is 138 Å². The quantitative estimate of drug-likeness (QED) is 0.286. The van der Waals surface area contributed by atoms with Crippen molar-refractivity contribution in [2.45, 2.75) is 12.3 Å². The van der Waals surface area contributed by atoms with Crippen LogP contribution in [-0.2, 0) is 4.74 Å². The van der Waals surface area contributed by atoms with E-state index in [0.717, 1.165) is 62.9 Å². The van der Waals surface area contributed by atoms with Crippen molar-refractivity contribution in [3.8, 4) is 23.0 Å². The number of dihydropyridines is 1. The van der Waals surface area contributed by atoms with Gasteiger partial charge in [-0.15, -0.1) is 0 Å². The summed E-state index contributed by atoms with van der Waals surface area (Å²) < 4.78 is 19.0.